The third-order valence-electron chi connectivity index (χ3n) is 13.2. The molecule has 12 rings (SSSR count). The number of hydrogen-bond acceptors (Lipinski definition) is 3. The van der Waals surface area contributed by atoms with Crippen molar-refractivity contribution in [2.75, 3.05) is 9.80 Å². The molecular weight excluding hydrogens is 813 g/mol. The van der Waals surface area contributed by atoms with Crippen molar-refractivity contribution < 1.29 is 4.74 Å². The lowest BCUT2D eigenvalue weighted by Crippen LogP contribution is -2.18. The Bertz CT molecular complexity index is 3400. The summed E-state index contributed by atoms with van der Waals surface area (Å²) >= 11 is 0. The topological polar surface area (TPSA) is 15.7 Å². The van der Waals surface area contributed by atoms with Crippen LogP contribution < -0.4 is 14.5 Å². The van der Waals surface area contributed by atoms with Crippen molar-refractivity contribution in [2.24, 2.45) is 0 Å². The normalized spacial score (nSPS) is 12.7. The predicted molar refractivity (Wildman–Crippen MR) is 281 cm³/mol. The SMILES string of the molecule is C1=C(c2ccc(-c3ccccc3)cc2)CCC(N(c2ccc(-c3ccc(-c4ccccc4)cc3)cc2)c2ccc3c4c(cccc24)-c2ccc(N(c4ccccc4)c4ccccc4)cc2O3)=C1. The Hall–Kier alpha value is -8.66. The van der Waals surface area contributed by atoms with Gasteiger partial charge in [0.05, 0.1) is 5.69 Å². The summed E-state index contributed by atoms with van der Waals surface area (Å²) in [5.41, 5.74) is 18.8. The van der Waals surface area contributed by atoms with E-state index in [1.807, 2.05) is 0 Å². The number of hydrogen-bond donors (Lipinski definition) is 0. The molecule has 0 amide bonds. The first-order chi connectivity index (χ1) is 33.2. The van der Waals surface area contributed by atoms with Crippen molar-refractivity contribution in [3.8, 4) is 56.0 Å². The van der Waals surface area contributed by atoms with Crippen LogP contribution >= 0.6 is 0 Å². The van der Waals surface area contributed by atoms with E-state index in [9.17, 15) is 0 Å². The monoisotopic (exact) mass is 858 g/mol. The van der Waals surface area contributed by atoms with Crippen LogP contribution in [-0.2, 0) is 0 Å². The highest BCUT2D eigenvalue weighted by Gasteiger charge is 2.27. The molecule has 0 saturated carbocycles. The average Bonchev–Trinajstić information content (AvgIpc) is 3.41. The van der Waals surface area contributed by atoms with Crippen LogP contribution in [0.15, 0.2) is 261 Å². The Morgan fingerprint density at radius 2 is 0.806 bits per heavy atom. The van der Waals surface area contributed by atoms with Crippen molar-refractivity contribution in [1.82, 2.24) is 0 Å². The van der Waals surface area contributed by atoms with Gasteiger partial charge in [-0.25, -0.2) is 0 Å². The zero-order chi connectivity index (χ0) is 44.5. The van der Waals surface area contributed by atoms with E-state index in [1.54, 1.807) is 0 Å². The number of para-hydroxylation sites is 2. The van der Waals surface area contributed by atoms with E-state index in [4.69, 9.17) is 4.74 Å². The van der Waals surface area contributed by atoms with Gasteiger partial charge in [0.15, 0.2) is 0 Å². The summed E-state index contributed by atoms with van der Waals surface area (Å²) in [6, 6.07) is 86.9. The van der Waals surface area contributed by atoms with Crippen LogP contribution in [0.4, 0.5) is 28.4 Å². The first-order valence-corrected chi connectivity index (χ1v) is 23.1. The zero-order valence-corrected chi connectivity index (χ0v) is 37.0. The molecule has 0 radical (unpaired) electrons. The van der Waals surface area contributed by atoms with Crippen LogP contribution in [0, 0.1) is 0 Å². The van der Waals surface area contributed by atoms with Crippen LogP contribution in [-0.4, -0.2) is 0 Å². The first-order valence-electron chi connectivity index (χ1n) is 23.1. The van der Waals surface area contributed by atoms with Gasteiger partial charge in [-0.3, -0.25) is 0 Å². The van der Waals surface area contributed by atoms with Crippen molar-refractivity contribution in [3.05, 3.63) is 266 Å². The van der Waals surface area contributed by atoms with Gasteiger partial charge < -0.3 is 14.5 Å². The predicted octanol–water partition coefficient (Wildman–Crippen LogP) is 18.0. The lowest BCUT2D eigenvalue weighted by atomic mass is 9.91. The van der Waals surface area contributed by atoms with E-state index in [0.29, 0.717) is 0 Å². The Morgan fingerprint density at radius 3 is 1.36 bits per heavy atom. The highest BCUT2D eigenvalue weighted by atomic mass is 16.5. The first kappa shape index (κ1) is 39.9. The van der Waals surface area contributed by atoms with Crippen molar-refractivity contribution in [2.45, 2.75) is 12.8 Å². The minimum Gasteiger partial charge on any atom is -0.456 e. The standard InChI is InChI=1S/C64H46N2O/c1-5-14-45(15-6-1)47-24-28-49(29-25-47)51-32-36-55(37-33-51)66(56-38-34-52(35-39-56)50-30-26-48(27-31-50)46-16-7-2-8-17-46)61-42-43-62-64-59(22-13-23-60(61)64)58-41-40-57(44-63(58)67-62)65(53-18-9-3-10-19-53)54-20-11-4-12-21-54/h1-34,36-38,40-44H,35,39H2. The molecule has 0 bridgehead atoms. The molecule has 0 aromatic heterocycles. The average molecular weight is 859 g/mol. The Kier molecular flexibility index (Phi) is 10.3. The second-order valence-corrected chi connectivity index (χ2v) is 17.2. The van der Waals surface area contributed by atoms with E-state index in [1.165, 1.54) is 55.8 Å². The quantitative estimate of drug-likeness (QED) is 0.136. The smallest absolute Gasteiger partial charge is 0.137 e. The van der Waals surface area contributed by atoms with Crippen molar-refractivity contribution in [1.29, 1.82) is 0 Å². The summed E-state index contributed by atoms with van der Waals surface area (Å²) in [5.74, 6) is 1.70. The van der Waals surface area contributed by atoms with Crippen LogP contribution in [0.5, 0.6) is 11.5 Å². The van der Waals surface area contributed by atoms with Gasteiger partial charge in [0.25, 0.3) is 0 Å². The van der Waals surface area contributed by atoms with E-state index in [2.05, 4.69) is 265 Å². The van der Waals surface area contributed by atoms with Crippen LogP contribution in [0.3, 0.4) is 0 Å². The molecule has 0 saturated heterocycles. The van der Waals surface area contributed by atoms with E-state index >= 15 is 0 Å². The molecule has 0 fully saturated rings. The molecule has 1 heterocycles. The van der Waals surface area contributed by atoms with Gasteiger partial charge in [-0.05, 0) is 130 Å². The molecule has 10 aromatic carbocycles. The van der Waals surface area contributed by atoms with Crippen LogP contribution in [0.2, 0.25) is 0 Å². The summed E-state index contributed by atoms with van der Waals surface area (Å²) in [6.45, 7) is 0. The van der Waals surface area contributed by atoms with E-state index in [-0.39, 0.29) is 0 Å². The summed E-state index contributed by atoms with van der Waals surface area (Å²) in [4.78, 5) is 4.75. The minimum absolute atomic E-state index is 0.843. The zero-order valence-electron chi connectivity index (χ0n) is 37.0. The fourth-order valence-corrected chi connectivity index (χ4v) is 9.85. The summed E-state index contributed by atoms with van der Waals surface area (Å²) in [5, 5.41) is 2.27. The second-order valence-electron chi connectivity index (χ2n) is 17.2. The minimum atomic E-state index is 0.843. The number of allylic oxidation sites excluding steroid dienone is 4. The fourth-order valence-electron chi connectivity index (χ4n) is 9.85. The maximum atomic E-state index is 6.93. The summed E-state index contributed by atoms with van der Waals surface area (Å²) in [6.07, 6.45) is 6.47. The van der Waals surface area contributed by atoms with Gasteiger partial charge in [0.2, 0.25) is 0 Å². The molecule has 318 valence electrons. The Morgan fingerprint density at radius 1 is 0.313 bits per heavy atom. The fraction of sp³-hybridized carbons (Fsp3) is 0.0312. The largest absolute Gasteiger partial charge is 0.456 e. The summed E-state index contributed by atoms with van der Waals surface area (Å²) in [7, 11) is 0. The molecule has 2 aliphatic rings. The molecule has 0 spiro atoms. The molecule has 0 atom stereocenters. The molecular formula is C64H46N2O. The molecule has 3 heteroatoms. The molecule has 1 aliphatic heterocycles. The molecule has 0 N–H and O–H groups in total. The van der Waals surface area contributed by atoms with Gasteiger partial charge in [-0.1, -0.05) is 182 Å². The third kappa shape index (κ3) is 7.67. The van der Waals surface area contributed by atoms with Crippen LogP contribution in [0.25, 0.3) is 60.9 Å². The van der Waals surface area contributed by atoms with E-state index in [0.717, 1.165) is 69.1 Å². The van der Waals surface area contributed by atoms with Gasteiger partial charge in [0, 0.05) is 50.8 Å². The summed E-state index contributed by atoms with van der Waals surface area (Å²) < 4.78 is 6.93. The molecule has 10 aromatic rings. The highest BCUT2D eigenvalue weighted by molar-refractivity contribution is 6.10. The third-order valence-corrected chi connectivity index (χ3v) is 13.2. The Labute approximate surface area is 392 Å². The Balaban J connectivity index is 0.929. The molecule has 0 unspecified atom stereocenters. The number of fused-ring (bicyclic) bond motifs is 2. The number of anilines is 5. The molecule has 3 nitrogen and oxygen atoms in total. The molecule has 1 aliphatic carbocycles. The van der Waals surface area contributed by atoms with Gasteiger partial charge in [0.1, 0.15) is 11.5 Å². The number of rotatable bonds is 10. The number of ether oxygens (including phenoxy) is 1. The maximum Gasteiger partial charge on any atom is 0.137 e. The maximum absolute atomic E-state index is 6.93. The van der Waals surface area contributed by atoms with Crippen molar-refractivity contribution >= 4 is 44.8 Å². The van der Waals surface area contributed by atoms with Gasteiger partial charge >= 0.3 is 0 Å². The van der Waals surface area contributed by atoms with E-state index < -0.39 is 0 Å². The number of nitrogens with zero attached hydrogens (tertiary/aromatic N) is 2. The van der Waals surface area contributed by atoms with Crippen LogP contribution in [0.1, 0.15) is 18.4 Å². The van der Waals surface area contributed by atoms with Crippen molar-refractivity contribution in [3.63, 3.8) is 0 Å². The molecule has 67 heavy (non-hydrogen) atoms. The lowest BCUT2D eigenvalue weighted by molar-refractivity contribution is 0.487. The lowest BCUT2D eigenvalue weighted by Gasteiger charge is -2.32. The second kappa shape index (κ2) is 17.4. The van der Waals surface area contributed by atoms with Gasteiger partial charge in [-0.2, -0.15) is 0 Å². The van der Waals surface area contributed by atoms with Gasteiger partial charge in [-0.15, -0.1) is 0 Å². The number of benzene rings is 10. The highest BCUT2D eigenvalue weighted by Crippen LogP contribution is 2.52.